The minimum Gasteiger partial charge on any atom is -0.377 e. The Morgan fingerprint density at radius 2 is 1.75 bits per heavy atom. The van der Waals surface area contributed by atoms with Crippen LogP contribution in [-0.4, -0.2) is 25.8 Å². The van der Waals surface area contributed by atoms with Crippen LogP contribution in [-0.2, 0) is 4.74 Å². The van der Waals surface area contributed by atoms with Crippen LogP contribution in [0, 0.1) is 0 Å². The molecule has 0 heterocycles. The largest absolute Gasteiger partial charge is 0.377 e. The van der Waals surface area contributed by atoms with Gasteiger partial charge in [0.2, 0.25) is 0 Å². The second-order valence-electron chi connectivity index (χ2n) is 4.48. The summed E-state index contributed by atoms with van der Waals surface area (Å²) in [4.78, 5) is 0. The third-order valence-electron chi connectivity index (χ3n) is 2.91. The third-order valence-corrected chi connectivity index (χ3v) is 2.91. The lowest BCUT2D eigenvalue weighted by Crippen LogP contribution is -2.36. The normalized spacial score (nSPS) is 15.1. The molecule has 1 aromatic carbocycles. The van der Waals surface area contributed by atoms with Gasteiger partial charge in [0.25, 0.3) is 0 Å². The predicted octanol–water partition coefficient (Wildman–Crippen LogP) is 2.80. The molecule has 0 spiro atoms. The van der Waals surface area contributed by atoms with Gasteiger partial charge >= 0.3 is 0 Å². The smallest absolute Gasteiger partial charge is 0.0628 e. The molecule has 0 bridgehead atoms. The molecule has 0 amide bonds. The molecule has 1 aromatic rings. The van der Waals surface area contributed by atoms with Crippen LogP contribution in [0.25, 0.3) is 0 Å². The molecule has 0 radical (unpaired) electrons. The summed E-state index contributed by atoms with van der Waals surface area (Å²) in [6.07, 6.45) is 0.291. The summed E-state index contributed by atoms with van der Waals surface area (Å²) in [5.41, 5.74) is 1.36. The van der Waals surface area contributed by atoms with E-state index in [2.05, 4.69) is 56.4 Å². The zero-order valence-electron chi connectivity index (χ0n) is 10.7. The molecule has 90 valence electrons. The van der Waals surface area contributed by atoms with Crippen molar-refractivity contribution in [1.82, 2.24) is 5.32 Å². The van der Waals surface area contributed by atoms with Gasteiger partial charge in [0.05, 0.1) is 12.7 Å². The Morgan fingerprint density at radius 3 is 2.25 bits per heavy atom. The fraction of sp³-hybridized carbons (Fsp3) is 0.571. The van der Waals surface area contributed by atoms with E-state index in [1.54, 1.807) is 0 Å². The molecule has 1 rings (SSSR count). The van der Waals surface area contributed by atoms with Gasteiger partial charge in [0.1, 0.15) is 0 Å². The second-order valence-corrected chi connectivity index (χ2v) is 4.48. The Balaban J connectivity index is 2.59. The number of likely N-dealkylation sites (N-methyl/N-ethyl adjacent to an activating group) is 1. The van der Waals surface area contributed by atoms with Crippen molar-refractivity contribution in [2.75, 3.05) is 13.7 Å². The maximum absolute atomic E-state index is 5.67. The van der Waals surface area contributed by atoms with Crippen molar-refractivity contribution in [3.05, 3.63) is 35.9 Å². The fourth-order valence-corrected chi connectivity index (χ4v) is 1.76. The lowest BCUT2D eigenvalue weighted by molar-refractivity contribution is 0.0583. The SMILES string of the molecule is CNC(COC(C)C)C(C)c1ccccc1. The fourth-order valence-electron chi connectivity index (χ4n) is 1.76. The van der Waals surface area contributed by atoms with Crippen molar-refractivity contribution in [3.63, 3.8) is 0 Å². The summed E-state index contributed by atoms with van der Waals surface area (Å²) in [5.74, 6) is 0.463. The maximum atomic E-state index is 5.67. The number of rotatable bonds is 6. The highest BCUT2D eigenvalue weighted by Gasteiger charge is 2.17. The summed E-state index contributed by atoms with van der Waals surface area (Å²) in [6.45, 7) is 7.13. The number of nitrogens with one attached hydrogen (secondary N) is 1. The molecule has 2 atom stereocenters. The first kappa shape index (κ1) is 13.2. The van der Waals surface area contributed by atoms with Gasteiger partial charge in [-0.15, -0.1) is 0 Å². The molecular formula is C14H23NO. The van der Waals surface area contributed by atoms with E-state index >= 15 is 0 Å². The summed E-state index contributed by atoms with van der Waals surface area (Å²) >= 11 is 0. The van der Waals surface area contributed by atoms with Gasteiger partial charge in [-0.25, -0.2) is 0 Å². The van der Waals surface area contributed by atoms with Gasteiger partial charge in [-0.1, -0.05) is 37.3 Å². The third kappa shape index (κ3) is 3.95. The van der Waals surface area contributed by atoms with Gasteiger partial charge in [-0.3, -0.25) is 0 Å². The quantitative estimate of drug-likeness (QED) is 0.797. The highest BCUT2D eigenvalue weighted by atomic mass is 16.5. The van der Waals surface area contributed by atoms with Crippen molar-refractivity contribution >= 4 is 0 Å². The molecular weight excluding hydrogens is 198 g/mol. The summed E-state index contributed by atoms with van der Waals surface area (Å²) < 4.78 is 5.67. The second kappa shape index (κ2) is 6.66. The number of ether oxygens (including phenoxy) is 1. The van der Waals surface area contributed by atoms with Crippen LogP contribution in [0.5, 0.6) is 0 Å². The highest BCUT2D eigenvalue weighted by Crippen LogP contribution is 2.19. The number of hydrogen-bond donors (Lipinski definition) is 1. The summed E-state index contributed by atoms with van der Waals surface area (Å²) in [7, 11) is 1.99. The van der Waals surface area contributed by atoms with Crippen molar-refractivity contribution < 1.29 is 4.74 Å². The molecule has 0 saturated heterocycles. The molecule has 0 aliphatic rings. The van der Waals surface area contributed by atoms with Crippen LogP contribution in [0.4, 0.5) is 0 Å². The highest BCUT2D eigenvalue weighted by molar-refractivity contribution is 5.20. The van der Waals surface area contributed by atoms with E-state index in [1.165, 1.54) is 5.56 Å². The minimum absolute atomic E-state index is 0.291. The number of hydrogen-bond acceptors (Lipinski definition) is 2. The van der Waals surface area contributed by atoms with Gasteiger partial charge in [-0.05, 0) is 32.4 Å². The van der Waals surface area contributed by atoms with E-state index in [-0.39, 0.29) is 0 Å². The van der Waals surface area contributed by atoms with Crippen LogP contribution in [0.1, 0.15) is 32.3 Å². The Morgan fingerprint density at radius 1 is 1.12 bits per heavy atom. The topological polar surface area (TPSA) is 21.3 Å². The summed E-state index contributed by atoms with van der Waals surface area (Å²) in [6, 6.07) is 10.9. The first-order chi connectivity index (χ1) is 7.65. The van der Waals surface area contributed by atoms with Crippen LogP contribution >= 0.6 is 0 Å². The molecule has 0 aliphatic carbocycles. The molecule has 0 aliphatic heterocycles. The number of benzene rings is 1. The lowest BCUT2D eigenvalue weighted by Gasteiger charge is -2.24. The maximum Gasteiger partial charge on any atom is 0.0628 e. The first-order valence-corrected chi connectivity index (χ1v) is 5.99. The van der Waals surface area contributed by atoms with Crippen LogP contribution in [0.3, 0.4) is 0 Å². The van der Waals surface area contributed by atoms with Gasteiger partial charge in [0.15, 0.2) is 0 Å². The van der Waals surface area contributed by atoms with Crippen LogP contribution in [0.2, 0.25) is 0 Å². The van der Waals surface area contributed by atoms with Gasteiger partial charge < -0.3 is 10.1 Å². The van der Waals surface area contributed by atoms with E-state index in [4.69, 9.17) is 4.74 Å². The van der Waals surface area contributed by atoms with Gasteiger partial charge in [0, 0.05) is 6.04 Å². The molecule has 16 heavy (non-hydrogen) atoms. The van der Waals surface area contributed by atoms with Crippen molar-refractivity contribution in [1.29, 1.82) is 0 Å². The van der Waals surface area contributed by atoms with E-state index in [0.717, 1.165) is 6.61 Å². The van der Waals surface area contributed by atoms with Crippen molar-refractivity contribution in [2.45, 2.75) is 38.8 Å². The predicted molar refractivity (Wildman–Crippen MR) is 68.8 cm³/mol. The lowest BCUT2D eigenvalue weighted by atomic mass is 9.94. The van der Waals surface area contributed by atoms with E-state index in [9.17, 15) is 0 Å². The Hall–Kier alpha value is -0.860. The molecule has 0 fully saturated rings. The summed E-state index contributed by atoms with van der Waals surface area (Å²) in [5, 5.41) is 3.33. The van der Waals surface area contributed by atoms with Gasteiger partial charge in [-0.2, -0.15) is 0 Å². The van der Waals surface area contributed by atoms with E-state index in [1.807, 2.05) is 7.05 Å². The Labute approximate surface area is 99.0 Å². The Kier molecular flexibility index (Phi) is 5.50. The van der Waals surface area contributed by atoms with Crippen LogP contribution < -0.4 is 5.32 Å². The molecule has 0 saturated carbocycles. The Bertz CT molecular complexity index is 284. The first-order valence-electron chi connectivity index (χ1n) is 5.99. The standard InChI is InChI=1S/C14H23NO/c1-11(2)16-10-14(15-4)12(3)13-8-6-5-7-9-13/h5-9,11-12,14-15H,10H2,1-4H3. The molecule has 2 heteroatoms. The molecule has 2 nitrogen and oxygen atoms in total. The average molecular weight is 221 g/mol. The monoisotopic (exact) mass is 221 g/mol. The van der Waals surface area contributed by atoms with E-state index < -0.39 is 0 Å². The van der Waals surface area contributed by atoms with E-state index in [0.29, 0.717) is 18.1 Å². The minimum atomic E-state index is 0.291. The average Bonchev–Trinajstić information content (AvgIpc) is 2.30. The molecule has 0 aromatic heterocycles. The molecule has 2 unspecified atom stereocenters. The van der Waals surface area contributed by atoms with Crippen molar-refractivity contribution in [2.24, 2.45) is 0 Å². The zero-order chi connectivity index (χ0) is 12.0. The molecule has 1 N–H and O–H groups in total. The van der Waals surface area contributed by atoms with Crippen LogP contribution in [0.15, 0.2) is 30.3 Å². The zero-order valence-corrected chi connectivity index (χ0v) is 10.7. The van der Waals surface area contributed by atoms with Crippen molar-refractivity contribution in [3.8, 4) is 0 Å².